The van der Waals surface area contributed by atoms with E-state index in [1.54, 1.807) is 47.4 Å². The van der Waals surface area contributed by atoms with Gasteiger partial charge in [0.25, 0.3) is 0 Å². The van der Waals surface area contributed by atoms with Crippen LogP contribution in [-0.2, 0) is 26.2 Å². The van der Waals surface area contributed by atoms with Gasteiger partial charge < -0.3 is 9.80 Å². The van der Waals surface area contributed by atoms with Gasteiger partial charge in [0.05, 0.1) is 4.90 Å². The lowest BCUT2D eigenvalue weighted by Gasteiger charge is -2.41. The van der Waals surface area contributed by atoms with Crippen LogP contribution in [-0.4, -0.2) is 66.6 Å². The van der Waals surface area contributed by atoms with Crippen molar-refractivity contribution < 1.29 is 22.4 Å². The lowest BCUT2D eigenvalue weighted by atomic mass is 10.0. The molecule has 0 N–H and O–H groups in total. The molecule has 2 saturated heterocycles. The molecule has 2 aromatic rings. The Labute approximate surface area is 181 Å². The fraction of sp³-hybridized carbons (Fsp3) is 0.364. The predicted molar refractivity (Wildman–Crippen MR) is 112 cm³/mol. The number of halogens is 1. The zero-order valence-electron chi connectivity index (χ0n) is 17.0. The monoisotopic (exact) mass is 445 g/mol. The van der Waals surface area contributed by atoms with E-state index in [1.807, 2.05) is 0 Å². The highest BCUT2D eigenvalue weighted by atomic mass is 32.2. The molecule has 2 aliphatic heterocycles. The van der Waals surface area contributed by atoms with Crippen molar-refractivity contribution in [2.24, 2.45) is 0 Å². The van der Waals surface area contributed by atoms with E-state index in [0.717, 1.165) is 5.56 Å². The van der Waals surface area contributed by atoms with E-state index < -0.39 is 21.8 Å². The average molecular weight is 446 g/mol. The molecule has 4 rings (SSSR count). The van der Waals surface area contributed by atoms with Gasteiger partial charge in [0.1, 0.15) is 5.82 Å². The Morgan fingerprint density at radius 1 is 0.839 bits per heavy atom. The van der Waals surface area contributed by atoms with Crippen molar-refractivity contribution in [3.8, 4) is 0 Å². The second-order valence-electron chi connectivity index (χ2n) is 7.80. The maximum absolute atomic E-state index is 13.1. The van der Waals surface area contributed by atoms with Crippen LogP contribution in [0.4, 0.5) is 4.39 Å². The van der Waals surface area contributed by atoms with Crippen molar-refractivity contribution in [1.29, 1.82) is 0 Å². The maximum atomic E-state index is 13.1. The van der Waals surface area contributed by atoms with Crippen LogP contribution in [0.25, 0.3) is 0 Å². The molecule has 0 spiro atoms. The molecular formula is C22H24FN3O4S. The Morgan fingerprint density at radius 2 is 1.48 bits per heavy atom. The number of nitrogens with zero attached hydrogens (tertiary/aromatic N) is 3. The van der Waals surface area contributed by atoms with Crippen LogP contribution in [0.2, 0.25) is 0 Å². The minimum atomic E-state index is -3.56. The number of piperazine rings is 1. The Bertz CT molecular complexity index is 1050. The molecule has 0 aliphatic carbocycles. The number of hydrogen-bond acceptors (Lipinski definition) is 4. The van der Waals surface area contributed by atoms with Crippen LogP contribution in [0, 0.1) is 5.82 Å². The molecule has 164 valence electrons. The lowest BCUT2D eigenvalue weighted by molar-refractivity contribution is -0.158. The van der Waals surface area contributed by atoms with Gasteiger partial charge in [0.15, 0.2) is 0 Å². The summed E-state index contributed by atoms with van der Waals surface area (Å²) >= 11 is 0. The molecule has 2 heterocycles. The van der Waals surface area contributed by atoms with Crippen molar-refractivity contribution in [1.82, 2.24) is 14.1 Å². The SMILES string of the molecule is O=C1C(=O)N(C2CCN(S(=O)(=O)c3ccccc3)CC2)CCN1Cc1ccc(F)cc1. The third-order valence-corrected chi connectivity index (χ3v) is 7.79. The fourth-order valence-electron chi connectivity index (χ4n) is 4.13. The average Bonchev–Trinajstić information content (AvgIpc) is 2.79. The quantitative estimate of drug-likeness (QED) is 0.658. The van der Waals surface area contributed by atoms with Crippen LogP contribution >= 0.6 is 0 Å². The summed E-state index contributed by atoms with van der Waals surface area (Å²) < 4.78 is 40.1. The number of piperidine rings is 1. The molecule has 0 unspecified atom stereocenters. The van der Waals surface area contributed by atoms with E-state index in [1.165, 1.54) is 21.3 Å². The molecule has 0 aromatic heterocycles. The van der Waals surface area contributed by atoms with Gasteiger partial charge in [0, 0.05) is 38.8 Å². The first-order valence-corrected chi connectivity index (χ1v) is 11.7. The standard InChI is InChI=1S/C22H24FN3O4S/c23-18-8-6-17(7-9-18)16-24-14-15-26(22(28)21(24)27)19-10-12-25(13-11-19)31(29,30)20-4-2-1-3-5-20/h1-9,19H,10-16H2. The van der Waals surface area contributed by atoms with Crippen molar-refractivity contribution >= 4 is 21.8 Å². The Hall–Kier alpha value is -2.78. The van der Waals surface area contributed by atoms with E-state index in [-0.39, 0.29) is 23.3 Å². The van der Waals surface area contributed by atoms with Crippen LogP contribution < -0.4 is 0 Å². The van der Waals surface area contributed by atoms with Gasteiger partial charge in [0.2, 0.25) is 10.0 Å². The van der Waals surface area contributed by atoms with Crippen LogP contribution in [0.1, 0.15) is 18.4 Å². The first kappa shape index (κ1) is 21.5. The van der Waals surface area contributed by atoms with Crippen molar-refractivity contribution in [3.63, 3.8) is 0 Å². The Balaban J connectivity index is 1.36. The van der Waals surface area contributed by atoms with Gasteiger partial charge in [-0.15, -0.1) is 0 Å². The molecule has 0 bridgehead atoms. The maximum Gasteiger partial charge on any atom is 0.312 e. The molecule has 2 fully saturated rings. The summed E-state index contributed by atoms with van der Waals surface area (Å²) in [7, 11) is -3.56. The molecule has 0 saturated carbocycles. The van der Waals surface area contributed by atoms with Crippen molar-refractivity contribution in [2.75, 3.05) is 26.2 Å². The molecule has 7 nitrogen and oxygen atoms in total. The minimum Gasteiger partial charge on any atom is -0.330 e. The predicted octanol–water partition coefficient (Wildman–Crippen LogP) is 1.85. The summed E-state index contributed by atoms with van der Waals surface area (Å²) in [6.07, 6.45) is 0.978. The summed E-state index contributed by atoms with van der Waals surface area (Å²) in [5.41, 5.74) is 0.760. The van der Waals surface area contributed by atoms with E-state index in [0.29, 0.717) is 39.0 Å². The zero-order valence-corrected chi connectivity index (χ0v) is 17.8. The zero-order chi connectivity index (χ0) is 22.0. The van der Waals surface area contributed by atoms with Crippen molar-refractivity contribution in [2.45, 2.75) is 30.3 Å². The van der Waals surface area contributed by atoms with Gasteiger partial charge in [-0.1, -0.05) is 30.3 Å². The first-order chi connectivity index (χ1) is 14.9. The van der Waals surface area contributed by atoms with E-state index >= 15 is 0 Å². The van der Waals surface area contributed by atoms with Gasteiger partial charge in [-0.3, -0.25) is 9.59 Å². The lowest BCUT2D eigenvalue weighted by Crippen LogP contribution is -2.58. The van der Waals surface area contributed by atoms with Gasteiger partial charge >= 0.3 is 11.8 Å². The number of sulfonamides is 1. The third-order valence-electron chi connectivity index (χ3n) is 5.87. The molecule has 2 aromatic carbocycles. The highest BCUT2D eigenvalue weighted by Gasteiger charge is 2.39. The number of benzene rings is 2. The van der Waals surface area contributed by atoms with E-state index in [2.05, 4.69) is 0 Å². The number of carbonyl (C=O) groups excluding carboxylic acids is 2. The van der Waals surface area contributed by atoms with Gasteiger partial charge in [-0.25, -0.2) is 12.8 Å². The summed E-state index contributed by atoms with van der Waals surface area (Å²) in [6.45, 7) is 1.66. The summed E-state index contributed by atoms with van der Waals surface area (Å²) in [6, 6.07) is 14.0. The summed E-state index contributed by atoms with van der Waals surface area (Å²) in [4.78, 5) is 28.6. The molecule has 9 heteroatoms. The summed E-state index contributed by atoms with van der Waals surface area (Å²) in [5.74, 6) is -1.48. The number of carbonyl (C=O) groups is 2. The van der Waals surface area contributed by atoms with E-state index in [9.17, 15) is 22.4 Å². The molecule has 2 aliphatic rings. The molecule has 0 radical (unpaired) electrons. The molecule has 0 atom stereocenters. The molecule has 2 amide bonds. The topological polar surface area (TPSA) is 78.0 Å². The Kier molecular flexibility index (Phi) is 6.06. The number of amides is 2. The second kappa shape index (κ2) is 8.76. The second-order valence-corrected chi connectivity index (χ2v) is 9.74. The highest BCUT2D eigenvalue weighted by Crippen LogP contribution is 2.25. The summed E-state index contributed by atoms with van der Waals surface area (Å²) in [5, 5.41) is 0. The molecular weight excluding hydrogens is 421 g/mol. The van der Waals surface area contributed by atoms with E-state index in [4.69, 9.17) is 0 Å². The minimum absolute atomic E-state index is 0.161. The Morgan fingerprint density at radius 3 is 2.13 bits per heavy atom. The smallest absolute Gasteiger partial charge is 0.312 e. The molecule has 31 heavy (non-hydrogen) atoms. The number of hydrogen-bond donors (Lipinski definition) is 0. The van der Waals surface area contributed by atoms with Gasteiger partial charge in [-0.2, -0.15) is 4.31 Å². The number of rotatable bonds is 5. The normalized spacial score (nSPS) is 19.1. The third kappa shape index (κ3) is 4.47. The van der Waals surface area contributed by atoms with Crippen molar-refractivity contribution in [3.05, 3.63) is 66.0 Å². The van der Waals surface area contributed by atoms with Crippen LogP contribution in [0.15, 0.2) is 59.5 Å². The van der Waals surface area contributed by atoms with Gasteiger partial charge in [-0.05, 0) is 42.7 Å². The first-order valence-electron chi connectivity index (χ1n) is 10.3. The largest absolute Gasteiger partial charge is 0.330 e. The van der Waals surface area contributed by atoms with Crippen LogP contribution in [0.3, 0.4) is 0 Å². The van der Waals surface area contributed by atoms with Crippen LogP contribution in [0.5, 0.6) is 0 Å². The fourth-order valence-corrected chi connectivity index (χ4v) is 5.63. The highest BCUT2D eigenvalue weighted by molar-refractivity contribution is 7.89.